The molecule has 0 aromatic carbocycles. The third-order valence-electron chi connectivity index (χ3n) is 2.15. The average Bonchev–Trinajstić information content (AvgIpc) is 2.26. The molecule has 0 aliphatic rings. The number of rotatable bonds is 1. The van der Waals surface area contributed by atoms with Gasteiger partial charge in [-0.2, -0.15) is 13.2 Å². The van der Waals surface area contributed by atoms with Gasteiger partial charge in [-0.05, 0) is 24.3 Å². The Morgan fingerprint density at radius 1 is 1.06 bits per heavy atom. The lowest BCUT2D eigenvalue weighted by Crippen LogP contribution is -2.08. The van der Waals surface area contributed by atoms with Gasteiger partial charge in [0.2, 0.25) is 0 Å². The molecule has 0 atom stereocenters. The molecule has 7 heteroatoms. The van der Waals surface area contributed by atoms with Gasteiger partial charge in [-0.1, -0.05) is 23.2 Å². The summed E-state index contributed by atoms with van der Waals surface area (Å²) in [5, 5.41) is 0.0209. The van der Waals surface area contributed by atoms with Crippen LogP contribution in [0.2, 0.25) is 10.3 Å². The maximum Gasteiger partial charge on any atom is 0.418 e. The Hall–Kier alpha value is -1.33. The Kier molecular flexibility index (Phi) is 3.45. The highest BCUT2D eigenvalue weighted by atomic mass is 35.5. The molecule has 2 aromatic rings. The van der Waals surface area contributed by atoms with E-state index in [0.29, 0.717) is 0 Å². The predicted octanol–water partition coefficient (Wildman–Crippen LogP) is 4.47. The zero-order chi connectivity index (χ0) is 13.3. The fraction of sp³-hybridized carbons (Fsp3) is 0.0909. The Morgan fingerprint density at radius 2 is 1.67 bits per heavy atom. The minimum atomic E-state index is -4.49. The van der Waals surface area contributed by atoms with Gasteiger partial charge in [-0.15, -0.1) is 0 Å². The second-order valence-corrected chi connectivity index (χ2v) is 4.17. The van der Waals surface area contributed by atoms with Crippen LogP contribution in [0.5, 0.6) is 0 Å². The van der Waals surface area contributed by atoms with Gasteiger partial charge in [-0.25, -0.2) is 4.98 Å². The quantitative estimate of drug-likeness (QED) is 0.725. The fourth-order valence-corrected chi connectivity index (χ4v) is 1.93. The average molecular weight is 293 g/mol. The van der Waals surface area contributed by atoms with Crippen LogP contribution < -0.4 is 0 Å². The van der Waals surface area contributed by atoms with E-state index in [1.54, 1.807) is 0 Å². The van der Waals surface area contributed by atoms with E-state index in [4.69, 9.17) is 23.2 Å². The molecule has 0 amide bonds. The molecule has 2 heterocycles. The molecule has 0 spiro atoms. The number of pyridine rings is 2. The Balaban J connectivity index is 2.64. The number of hydrogen-bond acceptors (Lipinski definition) is 2. The molecule has 94 valence electrons. The molecule has 0 saturated heterocycles. The van der Waals surface area contributed by atoms with Crippen LogP contribution in [0.15, 0.2) is 30.5 Å². The molecule has 0 aliphatic carbocycles. The molecule has 0 radical (unpaired) electrons. The molecule has 0 unspecified atom stereocenters. The SMILES string of the molecule is FC(F)(F)c1cccnc1-c1cc(Cl)nc(Cl)c1. The van der Waals surface area contributed by atoms with Crippen molar-refractivity contribution in [3.63, 3.8) is 0 Å². The molecule has 2 aromatic heterocycles. The summed E-state index contributed by atoms with van der Waals surface area (Å²) < 4.78 is 38.4. The summed E-state index contributed by atoms with van der Waals surface area (Å²) in [6.45, 7) is 0. The van der Waals surface area contributed by atoms with E-state index in [0.717, 1.165) is 6.07 Å². The van der Waals surface area contributed by atoms with Gasteiger partial charge in [-0.3, -0.25) is 4.98 Å². The largest absolute Gasteiger partial charge is 0.418 e. The first-order valence-corrected chi connectivity index (χ1v) is 5.49. The second kappa shape index (κ2) is 4.74. The standard InChI is InChI=1S/C11H5Cl2F3N2/c12-8-4-6(5-9(13)18-8)10-7(11(14,15)16)2-1-3-17-10/h1-5H. The molecule has 0 aliphatic heterocycles. The van der Waals surface area contributed by atoms with Crippen molar-refractivity contribution >= 4 is 23.2 Å². The highest BCUT2D eigenvalue weighted by Crippen LogP contribution is 2.36. The van der Waals surface area contributed by atoms with E-state index in [1.165, 1.54) is 24.4 Å². The van der Waals surface area contributed by atoms with E-state index in [1.807, 2.05) is 0 Å². The van der Waals surface area contributed by atoms with Gasteiger partial charge >= 0.3 is 6.18 Å². The summed E-state index contributed by atoms with van der Waals surface area (Å²) in [6, 6.07) is 4.73. The van der Waals surface area contributed by atoms with Crippen LogP contribution in [-0.2, 0) is 6.18 Å². The number of alkyl halides is 3. The van der Waals surface area contributed by atoms with E-state index in [2.05, 4.69) is 9.97 Å². The minimum Gasteiger partial charge on any atom is -0.256 e. The zero-order valence-corrected chi connectivity index (χ0v) is 10.2. The topological polar surface area (TPSA) is 25.8 Å². The normalized spacial score (nSPS) is 11.6. The third kappa shape index (κ3) is 2.73. The van der Waals surface area contributed by atoms with E-state index < -0.39 is 11.7 Å². The number of aromatic nitrogens is 2. The zero-order valence-electron chi connectivity index (χ0n) is 8.67. The summed E-state index contributed by atoms with van der Waals surface area (Å²) >= 11 is 11.3. The summed E-state index contributed by atoms with van der Waals surface area (Å²) in [6.07, 6.45) is -3.22. The van der Waals surface area contributed by atoms with E-state index in [-0.39, 0.29) is 21.6 Å². The molecule has 18 heavy (non-hydrogen) atoms. The van der Waals surface area contributed by atoms with E-state index in [9.17, 15) is 13.2 Å². The number of halogens is 5. The summed E-state index contributed by atoms with van der Waals surface area (Å²) in [5.41, 5.74) is -0.896. The minimum absolute atomic E-state index is 0.0104. The van der Waals surface area contributed by atoms with Crippen LogP contribution in [0.3, 0.4) is 0 Å². The Labute approximate surface area is 110 Å². The number of hydrogen-bond donors (Lipinski definition) is 0. The van der Waals surface area contributed by atoms with Crippen LogP contribution >= 0.6 is 23.2 Å². The number of nitrogens with zero attached hydrogens (tertiary/aromatic N) is 2. The van der Waals surface area contributed by atoms with Gasteiger partial charge in [0.05, 0.1) is 11.3 Å². The molecular formula is C11H5Cl2F3N2. The van der Waals surface area contributed by atoms with Crippen molar-refractivity contribution in [2.75, 3.05) is 0 Å². The molecular weight excluding hydrogens is 288 g/mol. The van der Waals surface area contributed by atoms with Gasteiger partial charge < -0.3 is 0 Å². The highest BCUT2D eigenvalue weighted by Gasteiger charge is 2.34. The van der Waals surface area contributed by atoms with Crippen molar-refractivity contribution in [3.05, 3.63) is 46.3 Å². The molecule has 0 saturated carbocycles. The van der Waals surface area contributed by atoms with Crippen molar-refractivity contribution in [1.29, 1.82) is 0 Å². The van der Waals surface area contributed by atoms with Crippen LogP contribution in [-0.4, -0.2) is 9.97 Å². The molecule has 0 bridgehead atoms. The highest BCUT2D eigenvalue weighted by molar-refractivity contribution is 6.32. The maximum absolute atomic E-state index is 12.8. The van der Waals surface area contributed by atoms with Crippen molar-refractivity contribution < 1.29 is 13.2 Å². The van der Waals surface area contributed by atoms with Crippen LogP contribution in [0.1, 0.15) is 5.56 Å². The predicted molar refractivity (Wildman–Crippen MR) is 62.5 cm³/mol. The van der Waals surface area contributed by atoms with Gasteiger partial charge in [0.15, 0.2) is 0 Å². The van der Waals surface area contributed by atoms with Crippen molar-refractivity contribution in [2.45, 2.75) is 6.18 Å². The smallest absolute Gasteiger partial charge is 0.256 e. The molecule has 2 rings (SSSR count). The first-order valence-electron chi connectivity index (χ1n) is 4.73. The molecule has 0 N–H and O–H groups in total. The van der Waals surface area contributed by atoms with Gasteiger partial charge in [0.1, 0.15) is 10.3 Å². The first-order chi connectivity index (χ1) is 8.38. The van der Waals surface area contributed by atoms with Gasteiger partial charge in [0.25, 0.3) is 0 Å². The van der Waals surface area contributed by atoms with Crippen LogP contribution in [0, 0.1) is 0 Å². The Morgan fingerprint density at radius 3 is 2.22 bits per heavy atom. The second-order valence-electron chi connectivity index (χ2n) is 3.40. The summed E-state index contributed by atoms with van der Waals surface area (Å²) in [5.74, 6) is 0. The van der Waals surface area contributed by atoms with Crippen molar-refractivity contribution in [2.24, 2.45) is 0 Å². The van der Waals surface area contributed by atoms with Crippen molar-refractivity contribution in [1.82, 2.24) is 9.97 Å². The van der Waals surface area contributed by atoms with Crippen LogP contribution in [0.25, 0.3) is 11.3 Å². The third-order valence-corrected chi connectivity index (χ3v) is 2.54. The van der Waals surface area contributed by atoms with Crippen molar-refractivity contribution in [3.8, 4) is 11.3 Å². The lowest BCUT2D eigenvalue weighted by atomic mass is 10.1. The van der Waals surface area contributed by atoms with E-state index >= 15 is 0 Å². The fourth-order valence-electron chi connectivity index (χ4n) is 1.47. The first kappa shape index (κ1) is 13.1. The molecule has 2 nitrogen and oxygen atoms in total. The van der Waals surface area contributed by atoms with Crippen LogP contribution in [0.4, 0.5) is 13.2 Å². The lowest BCUT2D eigenvalue weighted by molar-refractivity contribution is -0.137. The molecule has 0 fully saturated rings. The summed E-state index contributed by atoms with van der Waals surface area (Å²) in [4.78, 5) is 7.41. The monoisotopic (exact) mass is 292 g/mol. The Bertz CT molecular complexity index is 564. The summed E-state index contributed by atoms with van der Waals surface area (Å²) in [7, 11) is 0. The van der Waals surface area contributed by atoms with Gasteiger partial charge in [0, 0.05) is 11.8 Å². The maximum atomic E-state index is 12.8. The lowest BCUT2D eigenvalue weighted by Gasteiger charge is -2.11.